The first-order valence-corrected chi connectivity index (χ1v) is 6.92. The van der Waals surface area contributed by atoms with Gasteiger partial charge in [0.1, 0.15) is 17.7 Å². The van der Waals surface area contributed by atoms with E-state index in [-0.39, 0.29) is 22.4 Å². The van der Waals surface area contributed by atoms with Gasteiger partial charge in [-0.15, -0.1) is 0 Å². The minimum Gasteiger partial charge on any atom is -0.481 e. The maximum absolute atomic E-state index is 13.2. The van der Waals surface area contributed by atoms with Crippen LogP contribution in [0.2, 0.25) is 0 Å². The lowest BCUT2D eigenvalue weighted by molar-refractivity contribution is -0.386. The van der Waals surface area contributed by atoms with Crippen LogP contribution in [-0.2, 0) is 4.79 Å². The lowest BCUT2D eigenvalue weighted by Gasteiger charge is -2.44. The Hall–Kier alpha value is -1.50. The summed E-state index contributed by atoms with van der Waals surface area (Å²) in [5.74, 6) is -0.682. The highest BCUT2D eigenvalue weighted by Gasteiger charge is 2.52. The summed E-state index contributed by atoms with van der Waals surface area (Å²) >= 11 is 3.07. The molecule has 1 aromatic rings. The monoisotopic (exact) mass is 345 g/mol. The molecule has 0 heterocycles. The highest BCUT2D eigenvalue weighted by molar-refractivity contribution is 9.10. The second-order valence-electron chi connectivity index (χ2n) is 5.00. The van der Waals surface area contributed by atoms with Crippen LogP contribution in [0.4, 0.5) is 10.1 Å². The topological polar surface area (TPSA) is 69.4 Å². The van der Waals surface area contributed by atoms with Crippen LogP contribution >= 0.6 is 15.9 Å². The second-order valence-corrected chi connectivity index (χ2v) is 5.85. The van der Waals surface area contributed by atoms with Gasteiger partial charge in [0.2, 0.25) is 5.75 Å². The van der Waals surface area contributed by atoms with E-state index in [1.165, 1.54) is 0 Å². The third-order valence-electron chi connectivity index (χ3n) is 3.90. The fourth-order valence-electron chi connectivity index (χ4n) is 2.21. The average molecular weight is 346 g/mol. The highest BCUT2D eigenvalue weighted by Crippen LogP contribution is 2.46. The summed E-state index contributed by atoms with van der Waals surface area (Å²) in [5, 5.41) is 11.0. The van der Waals surface area contributed by atoms with Crippen molar-refractivity contribution in [1.29, 1.82) is 0 Å². The van der Waals surface area contributed by atoms with Gasteiger partial charge >= 0.3 is 5.69 Å². The van der Waals surface area contributed by atoms with E-state index in [2.05, 4.69) is 15.9 Å². The maximum Gasteiger partial charge on any atom is 0.315 e. The number of ether oxygens (including phenoxy) is 1. The molecular formula is C13H13BrFNO4. The van der Waals surface area contributed by atoms with Crippen molar-refractivity contribution in [2.45, 2.75) is 32.8 Å². The van der Waals surface area contributed by atoms with Gasteiger partial charge in [-0.3, -0.25) is 14.9 Å². The van der Waals surface area contributed by atoms with Gasteiger partial charge in [0.25, 0.3) is 0 Å². The SMILES string of the molecule is CCC1(C)C(=O)CC1Oc1c(Br)cc(F)cc1[N+](=O)[O-]. The van der Waals surface area contributed by atoms with Crippen molar-refractivity contribution in [1.82, 2.24) is 0 Å². The van der Waals surface area contributed by atoms with Crippen LogP contribution in [0.25, 0.3) is 0 Å². The van der Waals surface area contributed by atoms with Crippen molar-refractivity contribution in [2.75, 3.05) is 0 Å². The molecule has 108 valence electrons. The molecule has 5 nitrogen and oxygen atoms in total. The van der Waals surface area contributed by atoms with Crippen LogP contribution in [0.3, 0.4) is 0 Å². The van der Waals surface area contributed by atoms with E-state index < -0.39 is 27.9 Å². The van der Waals surface area contributed by atoms with E-state index in [9.17, 15) is 19.3 Å². The number of benzene rings is 1. The number of carbonyl (C=O) groups is 1. The van der Waals surface area contributed by atoms with Crippen molar-refractivity contribution < 1.29 is 18.8 Å². The normalized spacial score (nSPS) is 25.2. The van der Waals surface area contributed by atoms with Crippen molar-refractivity contribution in [3.63, 3.8) is 0 Å². The standard InChI is InChI=1S/C13H13BrFNO4/c1-3-13(2)10(17)6-11(13)20-12-8(14)4-7(15)5-9(12)16(18)19/h4-5,11H,3,6H2,1-2H3. The van der Waals surface area contributed by atoms with E-state index in [0.29, 0.717) is 6.42 Å². The Balaban J connectivity index is 2.35. The molecule has 1 aliphatic carbocycles. The average Bonchev–Trinajstić information content (AvgIpc) is 2.38. The van der Waals surface area contributed by atoms with Crippen LogP contribution < -0.4 is 4.74 Å². The molecule has 2 atom stereocenters. The van der Waals surface area contributed by atoms with Crippen molar-refractivity contribution in [3.05, 3.63) is 32.5 Å². The van der Waals surface area contributed by atoms with Gasteiger partial charge in [-0.25, -0.2) is 4.39 Å². The van der Waals surface area contributed by atoms with Crippen molar-refractivity contribution in [3.8, 4) is 5.75 Å². The van der Waals surface area contributed by atoms with Gasteiger partial charge in [-0.05, 0) is 35.3 Å². The molecule has 2 unspecified atom stereocenters. The third kappa shape index (κ3) is 2.30. The first kappa shape index (κ1) is 14.9. The summed E-state index contributed by atoms with van der Waals surface area (Å²) in [4.78, 5) is 21.9. The zero-order valence-electron chi connectivity index (χ0n) is 11.0. The zero-order chi connectivity index (χ0) is 15.1. The van der Waals surface area contributed by atoms with E-state index in [1.54, 1.807) is 6.92 Å². The molecule has 0 aromatic heterocycles. The summed E-state index contributed by atoms with van der Waals surface area (Å²) in [7, 11) is 0. The summed E-state index contributed by atoms with van der Waals surface area (Å²) in [5.41, 5.74) is -1.09. The molecule has 0 bridgehead atoms. The molecule has 2 rings (SSSR count). The molecule has 0 N–H and O–H groups in total. The number of ketones is 1. The van der Waals surface area contributed by atoms with Crippen LogP contribution in [0.15, 0.2) is 16.6 Å². The fourth-order valence-corrected chi connectivity index (χ4v) is 2.73. The lowest BCUT2D eigenvalue weighted by Crippen LogP contribution is -2.54. The van der Waals surface area contributed by atoms with Crippen LogP contribution in [0.1, 0.15) is 26.7 Å². The highest BCUT2D eigenvalue weighted by atomic mass is 79.9. The molecule has 0 spiro atoms. The van der Waals surface area contributed by atoms with Crippen LogP contribution in [-0.4, -0.2) is 16.8 Å². The summed E-state index contributed by atoms with van der Waals surface area (Å²) < 4.78 is 19.0. The Labute approximate surface area is 123 Å². The second kappa shape index (κ2) is 5.12. The number of nitrogens with zero attached hydrogens (tertiary/aromatic N) is 1. The molecular weight excluding hydrogens is 333 g/mol. The van der Waals surface area contributed by atoms with Gasteiger partial charge in [-0.1, -0.05) is 6.92 Å². The molecule has 0 amide bonds. The molecule has 1 aromatic carbocycles. The zero-order valence-corrected chi connectivity index (χ0v) is 12.6. The summed E-state index contributed by atoms with van der Waals surface area (Å²) in [6, 6.07) is 1.91. The lowest BCUT2D eigenvalue weighted by atomic mass is 9.64. The quantitative estimate of drug-likeness (QED) is 0.617. The molecule has 1 aliphatic rings. The molecule has 0 radical (unpaired) electrons. The number of nitro benzene ring substituents is 1. The molecule has 0 saturated heterocycles. The Kier molecular flexibility index (Phi) is 3.82. The maximum atomic E-state index is 13.2. The van der Waals surface area contributed by atoms with Gasteiger partial charge < -0.3 is 4.74 Å². The minimum absolute atomic E-state index is 0.0337. The first-order valence-electron chi connectivity index (χ1n) is 6.13. The minimum atomic E-state index is -0.723. The number of nitro groups is 1. The first-order chi connectivity index (χ1) is 9.29. The molecule has 1 saturated carbocycles. The number of carbonyl (C=O) groups excluding carboxylic acids is 1. The van der Waals surface area contributed by atoms with E-state index in [4.69, 9.17) is 4.74 Å². The predicted molar refractivity (Wildman–Crippen MR) is 73.2 cm³/mol. The predicted octanol–water partition coefficient (Wildman–Crippen LogP) is 3.63. The molecule has 7 heteroatoms. The Morgan fingerprint density at radius 1 is 1.60 bits per heavy atom. The van der Waals surface area contributed by atoms with Gasteiger partial charge in [0, 0.05) is 6.42 Å². The fraction of sp³-hybridized carbons (Fsp3) is 0.462. The largest absolute Gasteiger partial charge is 0.481 e. The molecule has 1 fully saturated rings. The van der Waals surface area contributed by atoms with E-state index >= 15 is 0 Å². The number of hydrogen-bond acceptors (Lipinski definition) is 4. The van der Waals surface area contributed by atoms with E-state index in [0.717, 1.165) is 12.1 Å². The van der Waals surface area contributed by atoms with Crippen molar-refractivity contribution >= 4 is 27.4 Å². The van der Waals surface area contributed by atoms with Gasteiger partial charge in [0.05, 0.1) is 20.9 Å². The smallest absolute Gasteiger partial charge is 0.315 e. The Bertz CT molecular complexity index is 592. The van der Waals surface area contributed by atoms with E-state index in [1.807, 2.05) is 6.92 Å². The van der Waals surface area contributed by atoms with Crippen molar-refractivity contribution in [2.24, 2.45) is 5.41 Å². The third-order valence-corrected chi connectivity index (χ3v) is 4.49. The Morgan fingerprint density at radius 3 is 2.75 bits per heavy atom. The summed E-state index contributed by atoms with van der Waals surface area (Å²) in [6.07, 6.45) is 0.370. The number of Topliss-reactive ketones (excluding diaryl/α,β-unsaturated/α-hetero) is 1. The van der Waals surface area contributed by atoms with Gasteiger partial charge in [-0.2, -0.15) is 0 Å². The van der Waals surface area contributed by atoms with Crippen LogP contribution in [0, 0.1) is 21.3 Å². The molecule has 20 heavy (non-hydrogen) atoms. The number of rotatable bonds is 4. The summed E-state index contributed by atoms with van der Waals surface area (Å²) in [6.45, 7) is 3.63. The number of halogens is 2. The molecule has 0 aliphatic heterocycles. The van der Waals surface area contributed by atoms with Crippen LogP contribution in [0.5, 0.6) is 5.75 Å². The number of hydrogen-bond donors (Lipinski definition) is 0. The van der Waals surface area contributed by atoms with Gasteiger partial charge in [0.15, 0.2) is 0 Å². The Morgan fingerprint density at radius 2 is 2.25 bits per heavy atom.